The first-order valence-corrected chi connectivity index (χ1v) is 5.61. The zero-order valence-corrected chi connectivity index (χ0v) is 9.75. The number of rotatable bonds is 3. The largest absolute Gasteiger partial charge is 0.344 e. The maximum absolute atomic E-state index is 11.8. The van der Waals surface area contributed by atoms with Gasteiger partial charge in [0.1, 0.15) is 6.04 Å². The minimum absolute atomic E-state index is 0.0431. The van der Waals surface area contributed by atoms with Crippen LogP contribution in [0.1, 0.15) is 33.6 Å². The van der Waals surface area contributed by atoms with Crippen molar-refractivity contribution < 1.29 is 9.59 Å². The van der Waals surface area contributed by atoms with Crippen molar-refractivity contribution in [2.45, 2.75) is 39.7 Å². The van der Waals surface area contributed by atoms with Gasteiger partial charge in [0, 0.05) is 19.0 Å². The monoisotopic (exact) mass is 212 g/mol. The Balaban J connectivity index is 2.42. The summed E-state index contributed by atoms with van der Waals surface area (Å²) in [5, 5.41) is 2.73. The maximum atomic E-state index is 11.8. The van der Waals surface area contributed by atoms with Crippen LogP contribution in [0.4, 0.5) is 0 Å². The summed E-state index contributed by atoms with van der Waals surface area (Å²) in [6.45, 7) is 7.06. The Morgan fingerprint density at radius 1 is 1.13 bits per heavy atom. The molecule has 15 heavy (non-hydrogen) atoms. The third-order valence-electron chi connectivity index (χ3n) is 2.67. The third-order valence-corrected chi connectivity index (χ3v) is 2.67. The summed E-state index contributed by atoms with van der Waals surface area (Å²) in [5.74, 6) is -0.0876. The summed E-state index contributed by atoms with van der Waals surface area (Å²) >= 11 is 0. The van der Waals surface area contributed by atoms with Crippen molar-refractivity contribution in [2.24, 2.45) is 5.92 Å². The van der Waals surface area contributed by atoms with Gasteiger partial charge in [-0.25, -0.2) is 0 Å². The van der Waals surface area contributed by atoms with E-state index in [-0.39, 0.29) is 17.7 Å². The second-order valence-electron chi connectivity index (χ2n) is 4.42. The molecule has 0 saturated carbocycles. The van der Waals surface area contributed by atoms with Crippen molar-refractivity contribution in [3.8, 4) is 0 Å². The lowest BCUT2D eigenvalue weighted by Crippen LogP contribution is -2.47. The van der Waals surface area contributed by atoms with Crippen LogP contribution in [0, 0.1) is 5.92 Å². The quantitative estimate of drug-likeness (QED) is 0.751. The molecule has 1 N–H and O–H groups in total. The fraction of sp³-hybridized carbons (Fsp3) is 0.818. The van der Waals surface area contributed by atoms with E-state index in [2.05, 4.69) is 5.32 Å². The highest BCUT2D eigenvalue weighted by atomic mass is 16.2. The van der Waals surface area contributed by atoms with Crippen molar-refractivity contribution in [2.75, 3.05) is 13.1 Å². The number of hydrogen-bond acceptors (Lipinski definition) is 2. The van der Waals surface area contributed by atoms with Crippen LogP contribution in [0.15, 0.2) is 0 Å². The molecule has 4 nitrogen and oxygen atoms in total. The Labute approximate surface area is 91.0 Å². The molecule has 1 unspecified atom stereocenters. The molecule has 0 spiro atoms. The molecular formula is C11H20N2O2. The highest BCUT2D eigenvalue weighted by Gasteiger charge is 2.24. The smallest absolute Gasteiger partial charge is 0.244 e. The van der Waals surface area contributed by atoms with Crippen molar-refractivity contribution in [3.63, 3.8) is 0 Å². The highest BCUT2D eigenvalue weighted by molar-refractivity contribution is 5.88. The Morgan fingerprint density at radius 2 is 1.67 bits per heavy atom. The summed E-state index contributed by atoms with van der Waals surface area (Å²) < 4.78 is 0. The predicted molar refractivity (Wildman–Crippen MR) is 58.3 cm³/mol. The van der Waals surface area contributed by atoms with Gasteiger partial charge in [-0.2, -0.15) is 0 Å². The lowest BCUT2D eigenvalue weighted by atomic mass is 10.2. The van der Waals surface area contributed by atoms with Crippen LogP contribution in [-0.4, -0.2) is 35.8 Å². The zero-order chi connectivity index (χ0) is 11.4. The molecule has 1 rings (SSSR count). The van der Waals surface area contributed by atoms with E-state index in [1.807, 2.05) is 18.7 Å². The second kappa shape index (κ2) is 5.14. The van der Waals surface area contributed by atoms with Crippen LogP contribution in [0.25, 0.3) is 0 Å². The van der Waals surface area contributed by atoms with Crippen LogP contribution in [0.2, 0.25) is 0 Å². The standard InChI is InChI=1S/C11H20N2O2/c1-8(2)10(14)12-9(3)11(15)13-6-4-5-7-13/h8-9H,4-7H2,1-3H3,(H,12,14). The van der Waals surface area contributed by atoms with Gasteiger partial charge in [-0.1, -0.05) is 13.8 Å². The Kier molecular flexibility index (Phi) is 4.12. The van der Waals surface area contributed by atoms with Crippen molar-refractivity contribution in [3.05, 3.63) is 0 Å². The van der Waals surface area contributed by atoms with Gasteiger partial charge in [0.15, 0.2) is 0 Å². The minimum Gasteiger partial charge on any atom is -0.344 e. The number of amides is 2. The molecular weight excluding hydrogens is 192 g/mol. The summed E-state index contributed by atoms with van der Waals surface area (Å²) in [7, 11) is 0. The topological polar surface area (TPSA) is 49.4 Å². The molecule has 0 radical (unpaired) electrons. The van der Waals surface area contributed by atoms with Crippen LogP contribution in [0.5, 0.6) is 0 Å². The van der Waals surface area contributed by atoms with Crippen LogP contribution < -0.4 is 5.32 Å². The number of nitrogens with zero attached hydrogens (tertiary/aromatic N) is 1. The molecule has 86 valence electrons. The molecule has 0 aromatic heterocycles. The average Bonchev–Trinajstić information content (AvgIpc) is 2.68. The normalized spacial score (nSPS) is 18.0. The van der Waals surface area contributed by atoms with E-state index in [0.29, 0.717) is 0 Å². The van der Waals surface area contributed by atoms with E-state index in [4.69, 9.17) is 0 Å². The van der Waals surface area contributed by atoms with Crippen molar-refractivity contribution >= 4 is 11.8 Å². The van der Waals surface area contributed by atoms with E-state index in [0.717, 1.165) is 25.9 Å². The van der Waals surface area contributed by atoms with E-state index in [1.165, 1.54) is 0 Å². The summed E-state index contributed by atoms with van der Waals surface area (Å²) in [6.07, 6.45) is 2.16. The fourth-order valence-electron chi connectivity index (χ4n) is 1.65. The molecule has 1 fully saturated rings. The lowest BCUT2D eigenvalue weighted by molar-refractivity contribution is -0.135. The van der Waals surface area contributed by atoms with Gasteiger partial charge in [-0.05, 0) is 19.8 Å². The summed E-state index contributed by atoms with van der Waals surface area (Å²) in [6, 6.07) is -0.391. The summed E-state index contributed by atoms with van der Waals surface area (Å²) in [5.41, 5.74) is 0. The van der Waals surface area contributed by atoms with Gasteiger partial charge >= 0.3 is 0 Å². The number of hydrogen-bond donors (Lipinski definition) is 1. The first-order valence-electron chi connectivity index (χ1n) is 5.61. The Morgan fingerprint density at radius 3 is 2.13 bits per heavy atom. The average molecular weight is 212 g/mol. The van der Waals surface area contributed by atoms with Gasteiger partial charge in [-0.15, -0.1) is 0 Å². The number of carbonyl (C=O) groups excluding carboxylic acids is 2. The molecule has 1 aliphatic rings. The molecule has 2 amide bonds. The molecule has 0 aliphatic carbocycles. The second-order valence-corrected chi connectivity index (χ2v) is 4.42. The molecule has 0 aromatic carbocycles. The summed E-state index contributed by atoms with van der Waals surface area (Å²) in [4.78, 5) is 25.0. The first kappa shape index (κ1) is 12.0. The molecule has 1 heterocycles. The molecule has 1 atom stereocenters. The van der Waals surface area contributed by atoms with Gasteiger partial charge in [0.2, 0.25) is 11.8 Å². The van der Waals surface area contributed by atoms with Crippen LogP contribution in [0.3, 0.4) is 0 Å². The maximum Gasteiger partial charge on any atom is 0.244 e. The van der Waals surface area contributed by atoms with Gasteiger partial charge in [0.05, 0.1) is 0 Å². The SMILES string of the molecule is CC(C)C(=O)NC(C)C(=O)N1CCCC1. The number of carbonyl (C=O) groups is 2. The van der Waals surface area contributed by atoms with Crippen LogP contribution >= 0.6 is 0 Å². The van der Waals surface area contributed by atoms with Crippen LogP contribution in [-0.2, 0) is 9.59 Å². The minimum atomic E-state index is -0.391. The lowest BCUT2D eigenvalue weighted by Gasteiger charge is -2.21. The first-order chi connectivity index (χ1) is 7.02. The molecule has 1 saturated heterocycles. The third kappa shape index (κ3) is 3.22. The van der Waals surface area contributed by atoms with Gasteiger partial charge in [-0.3, -0.25) is 9.59 Å². The predicted octanol–water partition coefficient (Wildman–Crippen LogP) is 0.769. The van der Waals surface area contributed by atoms with E-state index >= 15 is 0 Å². The van der Waals surface area contributed by atoms with E-state index in [1.54, 1.807) is 6.92 Å². The number of nitrogens with one attached hydrogen (secondary N) is 1. The van der Waals surface area contributed by atoms with Crippen molar-refractivity contribution in [1.82, 2.24) is 10.2 Å². The number of likely N-dealkylation sites (tertiary alicyclic amines) is 1. The fourth-order valence-corrected chi connectivity index (χ4v) is 1.65. The Bertz CT molecular complexity index is 245. The molecule has 0 bridgehead atoms. The molecule has 1 aliphatic heterocycles. The highest BCUT2D eigenvalue weighted by Crippen LogP contribution is 2.09. The molecule has 4 heteroatoms. The van der Waals surface area contributed by atoms with Crippen molar-refractivity contribution in [1.29, 1.82) is 0 Å². The zero-order valence-electron chi connectivity index (χ0n) is 9.75. The molecule has 0 aromatic rings. The Hall–Kier alpha value is -1.06. The van der Waals surface area contributed by atoms with Gasteiger partial charge in [0.25, 0.3) is 0 Å². The van der Waals surface area contributed by atoms with E-state index in [9.17, 15) is 9.59 Å². The van der Waals surface area contributed by atoms with E-state index < -0.39 is 6.04 Å². The van der Waals surface area contributed by atoms with Gasteiger partial charge < -0.3 is 10.2 Å².